The lowest BCUT2D eigenvalue weighted by Gasteiger charge is -2.34. The van der Waals surface area contributed by atoms with Crippen molar-refractivity contribution in [3.63, 3.8) is 0 Å². The minimum absolute atomic E-state index is 0.164. The lowest BCUT2D eigenvalue weighted by molar-refractivity contribution is -0.0441. The molecule has 0 radical (unpaired) electrons. The predicted octanol–water partition coefficient (Wildman–Crippen LogP) is 9.84. The van der Waals surface area contributed by atoms with E-state index in [1.807, 2.05) is 6.07 Å². The van der Waals surface area contributed by atoms with Gasteiger partial charge < -0.3 is 9.47 Å². The number of nitrogens with zero attached hydrogens (tertiary/aromatic N) is 2. The van der Waals surface area contributed by atoms with Crippen LogP contribution < -0.4 is 0 Å². The molecule has 4 heteroatoms. The number of hydrogen-bond donors (Lipinski definition) is 0. The Morgan fingerprint density at radius 2 is 1.24 bits per heavy atom. The van der Waals surface area contributed by atoms with E-state index in [-0.39, 0.29) is 17.1 Å². The van der Waals surface area contributed by atoms with Gasteiger partial charge in [0.1, 0.15) is 0 Å². The van der Waals surface area contributed by atoms with Crippen molar-refractivity contribution in [3.8, 4) is 34.4 Å². The second kappa shape index (κ2) is 11.6. The van der Waals surface area contributed by atoms with Crippen LogP contribution in [-0.4, -0.2) is 13.2 Å². The lowest BCUT2D eigenvalue weighted by atomic mass is 9.68. The van der Waals surface area contributed by atoms with Gasteiger partial charge in [0.2, 0.25) is 0 Å². The molecule has 1 saturated heterocycles. The van der Waals surface area contributed by atoms with Crippen LogP contribution in [0, 0.1) is 22.7 Å². The number of fused-ring (bicyclic) bond motifs is 6. The van der Waals surface area contributed by atoms with Crippen LogP contribution in [0.3, 0.4) is 0 Å². The van der Waals surface area contributed by atoms with Gasteiger partial charge in [-0.2, -0.15) is 10.5 Å². The van der Waals surface area contributed by atoms with E-state index in [2.05, 4.69) is 106 Å². The third-order valence-electron chi connectivity index (χ3n) is 10.5. The molecule has 1 aliphatic heterocycles. The maximum Gasteiger partial charge on any atom is 0.184 e. The molecule has 0 spiro atoms. The highest BCUT2D eigenvalue weighted by atomic mass is 16.7. The molecular weight excluding hydrogens is 552 g/mol. The van der Waals surface area contributed by atoms with Crippen molar-refractivity contribution in [1.29, 1.82) is 10.5 Å². The van der Waals surface area contributed by atoms with Gasteiger partial charge in [0.25, 0.3) is 0 Å². The molecule has 0 saturated carbocycles. The molecule has 0 bridgehead atoms. The third-order valence-corrected chi connectivity index (χ3v) is 10.5. The number of rotatable bonds is 9. The fraction of sp³-hybridized carbons (Fsp3) is 0.366. The Kier molecular flexibility index (Phi) is 7.61. The molecule has 1 fully saturated rings. The minimum Gasteiger partial charge on any atom is -0.346 e. The zero-order chi connectivity index (χ0) is 31.2. The Bertz CT molecular complexity index is 1820. The zero-order valence-corrected chi connectivity index (χ0v) is 26.5. The summed E-state index contributed by atoms with van der Waals surface area (Å²) in [5, 5.41) is 19.5. The van der Waals surface area contributed by atoms with Crippen molar-refractivity contribution >= 4 is 0 Å². The molecule has 45 heavy (non-hydrogen) atoms. The van der Waals surface area contributed by atoms with Gasteiger partial charge in [0, 0.05) is 16.4 Å². The fourth-order valence-corrected chi connectivity index (χ4v) is 8.82. The highest BCUT2D eigenvalue weighted by molar-refractivity contribution is 5.91. The van der Waals surface area contributed by atoms with Crippen molar-refractivity contribution < 1.29 is 9.47 Å². The van der Waals surface area contributed by atoms with Crippen LogP contribution in [0.1, 0.15) is 110 Å². The van der Waals surface area contributed by atoms with Crippen LogP contribution in [-0.2, 0) is 20.3 Å². The third kappa shape index (κ3) is 4.31. The molecule has 4 aromatic rings. The topological polar surface area (TPSA) is 66.0 Å². The van der Waals surface area contributed by atoms with Gasteiger partial charge in [-0.3, -0.25) is 0 Å². The molecule has 7 rings (SSSR count). The van der Waals surface area contributed by atoms with Crippen molar-refractivity contribution in [2.45, 2.75) is 82.3 Å². The van der Waals surface area contributed by atoms with Gasteiger partial charge in [-0.25, -0.2) is 0 Å². The normalized spacial score (nSPS) is 19.1. The Balaban J connectivity index is 1.53. The predicted molar refractivity (Wildman–Crippen MR) is 178 cm³/mol. The summed E-state index contributed by atoms with van der Waals surface area (Å²) in [4.78, 5) is 0. The van der Waals surface area contributed by atoms with Crippen molar-refractivity contribution in [2.24, 2.45) is 0 Å². The van der Waals surface area contributed by atoms with Crippen molar-refractivity contribution in [1.82, 2.24) is 0 Å². The van der Waals surface area contributed by atoms with Gasteiger partial charge >= 0.3 is 0 Å². The monoisotopic (exact) mass is 592 g/mol. The molecular formula is C41H40N2O2. The summed E-state index contributed by atoms with van der Waals surface area (Å²) in [6, 6.07) is 33.7. The van der Waals surface area contributed by atoms with E-state index in [4.69, 9.17) is 9.47 Å². The van der Waals surface area contributed by atoms with Gasteiger partial charge in [0.05, 0.1) is 25.4 Å². The highest BCUT2D eigenvalue weighted by Gasteiger charge is 2.48. The number of nitriles is 2. The largest absolute Gasteiger partial charge is 0.346 e. The average Bonchev–Trinajstić information content (AvgIpc) is 3.77. The molecule has 1 atom stereocenters. The van der Waals surface area contributed by atoms with Crippen LogP contribution in [0.15, 0.2) is 78.9 Å². The van der Waals surface area contributed by atoms with Crippen LogP contribution in [0.25, 0.3) is 22.3 Å². The Labute approximate surface area is 267 Å². The summed E-state index contributed by atoms with van der Waals surface area (Å²) < 4.78 is 11.9. The van der Waals surface area contributed by atoms with Gasteiger partial charge in [0.15, 0.2) is 12.2 Å². The summed E-state index contributed by atoms with van der Waals surface area (Å²) in [6.45, 7) is 8.06. The standard InChI is InChI=1S/C41H40N2O2/c1-4-16-40(17-5-2)35-21-27(29(25-42)26-43)12-14-31(35)33-24-38-34(23-36(33)40)32-15-13-28(39-44-19-20-45-39)22-37(32)41(38,18-6-3)30-10-8-7-9-11-30/h7-15,21-24,29,39H,4-6,16-20H2,1-3H3. The molecule has 3 aliphatic rings. The zero-order valence-electron chi connectivity index (χ0n) is 26.5. The first-order valence-corrected chi connectivity index (χ1v) is 16.6. The molecule has 1 unspecified atom stereocenters. The summed E-state index contributed by atoms with van der Waals surface area (Å²) >= 11 is 0. The maximum atomic E-state index is 9.76. The molecule has 2 aliphatic carbocycles. The maximum absolute atomic E-state index is 9.76. The molecule has 4 aromatic carbocycles. The van der Waals surface area contributed by atoms with E-state index in [0.717, 1.165) is 49.7 Å². The average molecular weight is 593 g/mol. The fourth-order valence-electron chi connectivity index (χ4n) is 8.82. The van der Waals surface area contributed by atoms with Crippen LogP contribution in [0.2, 0.25) is 0 Å². The molecule has 226 valence electrons. The van der Waals surface area contributed by atoms with Crippen molar-refractivity contribution in [2.75, 3.05) is 13.2 Å². The molecule has 0 amide bonds. The summed E-state index contributed by atoms with van der Waals surface area (Å²) in [6.07, 6.45) is 5.83. The Morgan fingerprint density at radius 1 is 0.667 bits per heavy atom. The Morgan fingerprint density at radius 3 is 1.91 bits per heavy atom. The number of benzene rings is 4. The molecule has 1 heterocycles. The molecule has 4 nitrogen and oxygen atoms in total. The summed E-state index contributed by atoms with van der Waals surface area (Å²) in [5.74, 6) is -0.769. The molecule has 0 aromatic heterocycles. The van der Waals surface area contributed by atoms with Gasteiger partial charge in [-0.15, -0.1) is 0 Å². The van der Waals surface area contributed by atoms with E-state index in [1.54, 1.807) is 0 Å². The number of hydrogen-bond acceptors (Lipinski definition) is 4. The van der Waals surface area contributed by atoms with E-state index < -0.39 is 5.92 Å². The number of ether oxygens (including phenoxy) is 2. The summed E-state index contributed by atoms with van der Waals surface area (Å²) in [7, 11) is 0. The highest BCUT2D eigenvalue weighted by Crippen LogP contribution is 2.61. The minimum atomic E-state index is -0.769. The summed E-state index contributed by atoms with van der Waals surface area (Å²) in [5.41, 5.74) is 13.2. The van der Waals surface area contributed by atoms with Crippen LogP contribution >= 0.6 is 0 Å². The van der Waals surface area contributed by atoms with Crippen molar-refractivity contribution in [3.05, 3.63) is 118 Å². The second-order valence-electron chi connectivity index (χ2n) is 12.9. The first-order chi connectivity index (χ1) is 22.1. The first kappa shape index (κ1) is 29.5. The second-order valence-corrected chi connectivity index (χ2v) is 12.9. The van der Waals surface area contributed by atoms with E-state index >= 15 is 0 Å². The van der Waals surface area contributed by atoms with Crippen LogP contribution in [0.5, 0.6) is 0 Å². The molecule has 0 N–H and O–H groups in total. The quantitative estimate of drug-likeness (QED) is 0.194. The first-order valence-electron chi connectivity index (χ1n) is 16.6. The van der Waals surface area contributed by atoms with E-state index in [9.17, 15) is 10.5 Å². The lowest BCUT2D eigenvalue weighted by Crippen LogP contribution is -2.28. The van der Waals surface area contributed by atoms with Gasteiger partial charge in [-0.1, -0.05) is 101 Å². The van der Waals surface area contributed by atoms with Crippen LogP contribution in [0.4, 0.5) is 0 Å². The Hall–Kier alpha value is -4.22. The smallest absolute Gasteiger partial charge is 0.184 e. The SMILES string of the molecule is CCCC1(CCC)c2cc(C(C#N)C#N)ccc2-c2cc3c(cc21)-c1ccc(C2OCCO2)cc1C3(CCC)c1ccccc1. The van der Waals surface area contributed by atoms with E-state index in [0.29, 0.717) is 13.2 Å². The van der Waals surface area contributed by atoms with Gasteiger partial charge in [-0.05, 0) is 93.1 Å². The van der Waals surface area contributed by atoms with E-state index in [1.165, 1.54) is 50.1 Å².